The molecular formula is C12H23N3O4. The van der Waals surface area contributed by atoms with Crippen molar-refractivity contribution in [3.63, 3.8) is 0 Å². The van der Waals surface area contributed by atoms with Crippen LogP contribution in [0.25, 0.3) is 0 Å². The van der Waals surface area contributed by atoms with Gasteiger partial charge in [-0.1, -0.05) is 27.2 Å². The van der Waals surface area contributed by atoms with Gasteiger partial charge in [0.1, 0.15) is 12.1 Å². The number of rotatable bonds is 7. The predicted octanol–water partition coefficient (Wildman–Crippen LogP) is 0.391. The maximum Gasteiger partial charge on any atom is 0.326 e. The number of hydrogen-bond donors (Lipinski definition) is 3. The minimum Gasteiger partial charge on any atom is -0.480 e. The summed E-state index contributed by atoms with van der Waals surface area (Å²) in [6.45, 7) is 5.36. The second-order valence-electron chi connectivity index (χ2n) is 4.58. The molecule has 0 spiro atoms. The number of primary amides is 1. The second-order valence-corrected chi connectivity index (χ2v) is 4.58. The van der Waals surface area contributed by atoms with Gasteiger partial charge in [-0.15, -0.1) is 0 Å². The summed E-state index contributed by atoms with van der Waals surface area (Å²) in [6, 6.07) is -2.51. The Balaban J connectivity index is 5.06. The molecule has 0 rings (SSSR count). The van der Waals surface area contributed by atoms with E-state index in [4.69, 9.17) is 10.8 Å². The third-order valence-corrected chi connectivity index (χ3v) is 3.26. The fourth-order valence-corrected chi connectivity index (χ4v) is 1.82. The van der Waals surface area contributed by atoms with E-state index in [1.54, 1.807) is 13.8 Å². The van der Waals surface area contributed by atoms with Gasteiger partial charge in [0.05, 0.1) is 0 Å². The molecule has 0 aliphatic rings. The molecule has 19 heavy (non-hydrogen) atoms. The minimum atomic E-state index is -1.07. The number of carboxylic acid groups (broad SMARTS) is 1. The van der Waals surface area contributed by atoms with Crippen LogP contribution in [0, 0.1) is 5.92 Å². The molecule has 7 heteroatoms. The predicted molar refractivity (Wildman–Crippen MR) is 70.4 cm³/mol. The largest absolute Gasteiger partial charge is 0.480 e. The van der Waals surface area contributed by atoms with Gasteiger partial charge in [-0.05, 0) is 12.3 Å². The molecule has 3 unspecified atom stereocenters. The molecular weight excluding hydrogens is 250 g/mol. The maximum atomic E-state index is 12.3. The average Bonchev–Trinajstić information content (AvgIpc) is 2.34. The highest BCUT2D eigenvalue weighted by Crippen LogP contribution is 2.13. The summed E-state index contributed by atoms with van der Waals surface area (Å²) in [7, 11) is 1.42. The minimum absolute atomic E-state index is 0.131. The number of amides is 3. The molecule has 0 radical (unpaired) electrons. The topological polar surface area (TPSA) is 113 Å². The van der Waals surface area contributed by atoms with Gasteiger partial charge in [0.25, 0.3) is 0 Å². The van der Waals surface area contributed by atoms with Crippen molar-refractivity contribution < 1.29 is 19.5 Å². The van der Waals surface area contributed by atoms with Crippen molar-refractivity contribution >= 4 is 17.9 Å². The molecule has 3 atom stereocenters. The van der Waals surface area contributed by atoms with Gasteiger partial charge in [0, 0.05) is 7.05 Å². The lowest BCUT2D eigenvalue weighted by atomic mass is 9.97. The molecule has 0 saturated heterocycles. The molecule has 4 N–H and O–H groups in total. The Morgan fingerprint density at radius 3 is 2.11 bits per heavy atom. The van der Waals surface area contributed by atoms with Crippen molar-refractivity contribution in [1.29, 1.82) is 0 Å². The van der Waals surface area contributed by atoms with Crippen LogP contribution in [0.4, 0.5) is 4.79 Å². The average molecular weight is 273 g/mol. The number of carbonyl (C=O) groups excluding carboxylic acids is 2. The lowest BCUT2D eigenvalue weighted by Gasteiger charge is -2.30. The number of carbonyl (C=O) groups is 3. The Hall–Kier alpha value is -1.79. The summed E-state index contributed by atoms with van der Waals surface area (Å²) in [4.78, 5) is 35.4. The van der Waals surface area contributed by atoms with Crippen LogP contribution in [0.3, 0.4) is 0 Å². The molecule has 0 aromatic rings. The molecule has 0 aromatic carbocycles. The van der Waals surface area contributed by atoms with Crippen LogP contribution >= 0.6 is 0 Å². The van der Waals surface area contributed by atoms with Gasteiger partial charge < -0.3 is 21.1 Å². The molecule has 0 aliphatic carbocycles. The smallest absolute Gasteiger partial charge is 0.326 e. The van der Waals surface area contributed by atoms with Crippen molar-refractivity contribution in [2.45, 2.75) is 45.7 Å². The third-order valence-electron chi connectivity index (χ3n) is 3.26. The first-order valence-electron chi connectivity index (χ1n) is 6.31. The van der Waals surface area contributed by atoms with E-state index in [1.165, 1.54) is 7.05 Å². The molecule has 3 amide bonds. The van der Waals surface area contributed by atoms with Gasteiger partial charge in [-0.3, -0.25) is 4.79 Å². The molecule has 0 aliphatic heterocycles. The Labute approximate surface area is 113 Å². The normalized spacial score (nSPS) is 15.2. The number of aliphatic carboxylic acids is 1. The highest BCUT2D eigenvalue weighted by molar-refractivity contribution is 5.89. The highest BCUT2D eigenvalue weighted by atomic mass is 16.4. The number of nitrogens with zero attached hydrogens (tertiary/aromatic N) is 1. The van der Waals surface area contributed by atoms with Crippen molar-refractivity contribution in [3.05, 3.63) is 0 Å². The lowest BCUT2D eigenvalue weighted by Crippen LogP contribution is -2.55. The Bertz CT molecular complexity index is 346. The van der Waals surface area contributed by atoms with Gasteiger partial charge >= 0.3 is 12.0 Å². The number of carboxylic acids is 1. The van der Waals surface area contributed by atoms with Gasteiger partial charge in [-0.2, -0.15) is 0 Å². The monoisotopic (exact) mass is 273 g/mol. The van der Waals surface area contributed by atoms with Crippen LogP contribution < -0.4 is 11.1 Å². The molecule has 0 heterocycles. The van der Waals surface area contributed by atoms with Gasteiger partial charge in [-0.25, -0.2) is 9.59 Å². The molecule has 7 nitrogen and oxygen atoms in total. The first-order chi connectivity index (χ1) is 8.76. The first kappa shape index (κ1) is 17.2. The van der Waals surface area contributed by atoms with Crippen LogP contribution in [0.2, 0.25) is 0 Å². The number of nitrogens with two attached hydrogens (primary N) is 1. The zero-order valence-electron chi connectivity index (χ0n) is 11.8. The van der Waals surface area contributed by atoms with Crippen LogP contribution in [0.1, 0.15) is 33.6 Å². The van der Waals surface area contributed by atoms with Crippen molar-refractivity contribution in [2.75, 3.05) is 7.05 Å². The maximum absolute atomic E-state index is 12.3. The van der Waals surface area contributed by atoms with Gasteiger partial charge in [0.15, 0.2) is 0 Å². The lowest BCUT2D eigenvalue weighted by molar-refractivity contribution is -0.150. The zero-order chi connectivity index (χ0) is 15.2. The van der Waals surface area contributed by atoms with Crippen LogP contribution in [-0.4, -0.2) is 47.0 Å². The molecule has 0 aromatic heterocycles. The molecule has 0 bridgehead atoms. The number of urea groups is 1. The first-order valence-corrected chi connectivity index (χ1v) is 6.31. The zero-order valence-corrected chi connectivity index (χ0v) is 11.8. The van der Waals surface area contributed by atoms with Crippen molar-refractivity contribution in [3.8, 4) is 0 Å². The van der Waals surface area contributed by atoms with E-state index in [-0.39, 0.29) is 5.92 Å². The summed E-state index contributed by atoms with van der Waals surface area (Å²) in [5.41, 5.74) is 5.06. The standard InChI is InChI=1S/C12H23N3O4/c1-5-7(3)9(14-12(13)19)10(16)15(4)8(6-2)11(17)18/h7-9H,5-6H2,1-4H3,(H,17,18)(H3,13,14,19). The second kappa shape index (κ2) is 7.60. The van der Waals surface area contributed by atoms with E-state index in [0.29, 0.717) is 12.8 Å². The summed E-state index contributed by atoms with van der Waals surface area (Å²) in [5, 5.41) is 11.4. The van der Waals surface area contributed by atoms with Crippen molar-refractivity contribution in [2.24, 2.45) is 11.7 Å². The van der Waals surface area contributed by atoms with Crippen molar-refractivity contribution in [1.82, 2.24) is 10.2 Å². The number of likely N-dealkylation sites (N-methyl/N-ethyl adjacent to an activating group) is 1. The Morgan fingerprint density at radius 1 is 1.26 bits per heavy atom. The fraction of sp³-hybridized carbons (Fsp3) is 0.750. The Kier molecular flexibility index (Phi) is 6.89. The van der Waals surface area contributed by atoms with Crippen LogP contribution in [0.5, 0.6) is 0 Å². The third kappa shape index (κ3) is 4.76. The number of nitrogens with one attached hydrogen (secondary N) is 1. The SMILES string of the molecule is CCC(C)C(NC(N)=O)C(=O)N(C)C(CC)C(=O)O. The van der Waals surface area contributed by atoms with E-state index < -0.39 is 30.0 Å². The van der Waals surface area contributed by atoms with E-state index in [2.05, 4.69) is 5.32 Å². The van der Waals surface area contributed by atoms with Crippen LogP contribution in [0.15, 0.2) is 0 Å². The van der Waals surface area contributed by atoms with E-state index in [0.717, 1.165) is 4.90 Å². The summed E-state index contributed by atoms with van der Waals surface area (Å²) >= 11 is 0. The summed E-state index contributed by atoms with van der Waals surface area (Å²) < 4.78 is 0. The highest BCUT2D eigenvalue weighted by Gasteiger charge is 2.33. The summed E-state index contributed by atoms with van der Waals surface area (Å²) in [6.07, 6.45) is 0.954. The van der Waals surface area contributed by atoms with Crippen LogP contribution in [-0.2, 0) is 9.59 Å². The molecule has 0 fully saturated rings. The van der Waals surface area contributed by atoms with E-state index in [1.807, 2.05) is 6.92 Å². The quantitative estimate of drug-likeness (QED) is 0.622. The fourth-order valence-electron chi connectivity index (χ4n) is 1.82. The molecule has 0 saturated carbocycles. The summed E-state index contributed by atoms with van der Waals surface area (Å²) in [5.74, 6) is -1.64. The number of hydrogen-bond acceptors (Lipinski definition) is 3. The Morgan fingerprint density at radius 2 is 1.79 bits per heavy atom. The molecule has 110 valence electrons. The van der Waals surface area contributed by atoms with Gasteiger partial charge in [0.2, 0.25) is 5.91 Å². The van der Waals surface area contributed by atoms with E-state index in [9.17, 15) is 14.4 Å². The van der Waals surface area contributed by atoms with E-state index >= 15 is 0 Å².